The molecule has 12 rings (SSSR count). The van der Waals surface area contributed by atoms with E-state index in [0.29, 0.717) is 0 Å². The number of fused-ring (bicyclic) bond motifs is 8. The largest absolute Gasteiger partial charge is 0.184 e. The Balaban J connectivity index is 1.18. The van der Waals surface area contributed by atoms with Gasteiger partial charge in [-0.15, -0.1) is 0 Å². The third kappa shape index (κ3) is 6.05. The Morgan fingerprint density at radius 3 is 1.35 bits per heavy atom. The zero-order chi connectivity index (χ0) is 42.0. The number of benzene rings is 9. The highest BCUT2D eigenvalue weighted by Gasteiger charge is 2.51. The predicted octanol–water partition coefficient (Wildman–Crippen LogP) is 14.0. The van der Waals surface area contributed by atoms with E-state index in [0.717, 1.165) is 25.7 Å². The average molecular weight is 846 g/mol. The van der Waals surface area contributed by atoms with Crippen LogP contribution in [0, 0.1) is 0 Å². The molecule has 0 bridgehead atoms. The van der Waals surface area contributed by atoms with Crippen molar-refractivity contribution in [3.05, 3.63) is 218 Å². The first-order valence-electron chi connectivity index (χ1n) is 22.4. The standard InChI is InChI=1S/C59H44S2Si/c1-4-19-40(20-5-1)46-35-36-47(41-21-6-2-7-22-41)57(56(46)43-25-8-3-9-26-43)44-27-18-28-45(39-44)58-48(42-23-10-11-24-42)37-38-55-59(58)61-51-31-14-17-34-54(51)62(55)52-32-15-12-29-49(52)60-50-30-13-16-33-53(50)62/h1-9,12-22,25-39,42H,10-11,23-24H2/i42D. The third-order valence-corrected chi connectivity index (χ3v) is 21.4. The summed E-state index contributed by atoms with van der Waals surface area (Å²) in [6, 6.07) is 79.3. The minimum Gasteiger partial charge on any atom is -0.0903 e. The van der Waals surface area contributed by atoms with Crippen LogP contribution in [-0.4, -0.2) is 8.07 Å². The monoisotopic (exact) mass is 845 g/mol. The Kier molecular flexibility index (Phi) is 9.23. The molecule has 62 heavy (non-hydrogen) atoms. The lowest BCUT2D eigenvalue weighted by Gasteiger charge is -2.44. The van der Waals surface area contributed by atoms with Gasteiger partial charge < -0.3 is 0 Å². The van der Waals surface area contributed by atoms with E-state index < -0.39 is 14.0 Å². The van der Waals surface area contributed by atoms with Crippen molar-refractivity contribution < 1.29 is 1.37 Å². The van der Waals surface area contributed by atoms with Gasteiger partial charge in [0.2, 0.25) is 0 Å². The summed E-state index contributed by atoms with van der Waals surface area (Å²) in [5, 5.41) is 5.84. The fourth-order valence-electron chi connectivity index (χ4n) is 10.7. The molecule has 0 radical (unpaired) electrons. The molecule has 0 aromatic heterocycles. The summed E-state index contributed by atoms with van der Waals surface area (Å²) in [6.07, 6.45) is 3.92. The lowest BCUT2D eigenvalue weighted by atomic mass is 9.82. The SMILES string of the molecule is [2H]C1(c2ccc3c(c2-c2cccc(-c4c(-c5ccccc5)ccc(-c5ccccc5)c4-c4ccccc4)c2)Sc2ccccc2[Si]32c3ccccc3Sc3ccccc32)CCCC1. The summed E-state index contributed by atoms with van der Waals surface area (Å²) in [4.78, 5) is 5.38. The maximum atomic E-state index is 10.3. The molecule has 9 aromatic carbocycles. The van der Waals surface area contributed by atoms with Crippen LogP contribution < -0.4 is 20.7 Å². The molecule has 0 unspecified atom stereocenters. The van der Waals surface area contributed by atoms with Crippen LogP contribution in [0.25, 0.3) is 55.6 Å². The number of hydrogen-bond donors (Lipinski definition) is 0. The zero-order valence-corrected chi connectivity index (χ0v) is 37.0. The van der Waals surface area contributed by atoms with Gasteiger partial charge in [-0.05, 0) is 125 Å². The molecule has 1 fully saturated rings. The van der Waals surface area contributed by atoms with E-state index in [1.54, 1.807) is 0 Å². The van der Waals surface area contributed by atoms with Crippen LogP contribution in [0.1, 0.15) is 38.5 Å². The van der Waals surface area contributed by atoms with Gasteiger partial charge in [0.25, 0.3) is 0 Å². The van der Waals surface area contributed by atoms with Crippen molar-refractivity contribution in [2.24, 2.45) is 0 Å². The molecule has 0 N–H and O–H groups in total. The first-order valence-corrected chi connectivity index (χ1v) is 25.5. The molecule has 9 aromatic rings. The molecule has 0 amide bonds. The maximum Gasteiger partial charge on any atom is 0.184 e. The second kappa shape index (κ2) is 15.7. The Morgan fingerprint density at radius 2 is 0.806 bits per heavy atom. The lowest BCUT2D eigenvalue weighted by Crippen LogP contribution is -2.78. The van der Waals surface area contributed by atoms with E-state index >= 15 is 0 Å². The summed E-state index contributed by atoms with van der Waals surface area (Å²) in [5.74, 6) is -0.664. The molecule has 0 nitrogen and oxygen atoms in total. The van der Waals surface area contributed by atoms with E-state index in [1.165, 1.54) is 102 Å². The quantitative estimate of drug-likeness (QED) is 0.153. The number of hydrogen-bond acceptors (Lipinski definition) is 2. The van der Waals surface area contributed by atoms with Crippen LogP contribution in [0.5, 0.6) is 0 Å². The van der Waals surface area contributed by atoms with E-state index in [1.807, 2.05) is 23.5 Å². The molecule has 1 aliphatic carbocycles. The Morgan fingerprint density at radius 1 is 0.371 bits per heavy atom. The molecule has 1 saturated carbocycles. The molecule has 3 aliphatic rings. The molecule has 0 saturated heterocycles. The van der Waals surface area contributed by atoms with Crippen molar-refractivity contribution in [2.45, 2.75) is 51.2 Å². The topological polar surface area (TPSA) is 0 Å². The van der Waals surface area contributed by atoms with E-state index in [9.17, 15) is 1.37 Å². The fraction of sp³-hybridized carbons (Fsp3) is 0.0847. The first kappa shape index (κ1) is 36.5. The van der Waals surface area contributed by atoms with Crippen LogP contribution >= 0.6 is 23.5 Å². The third-order valence-electron chi connectivity index (χ3n) is 13.3. The fourth-order valence-corrected chi connectivity index (χ4v) is 20.0. The maximum absolute atomic E-state index is 10.3. The van der Waals surface area contributed by atoms with Crippen molar-refractivity contribution >= 4 is 52.3 Å². The smallest absolute Gasteiger partial charge is 0.0903 e. The lowest BCUT2D eigenvalue weighted by molar-refractivity contribution is 0.723. The predicted molar refractivity (Wildman–Crippen MR) is 267 cm³/mol. The summed E-state index contributed by atoms with van der Waals surface area (Å²) in [5.41, 5.74) is 13.2. The second-order valence-corrected chi connectivity index (χ2v) is 22.5. The van der Waals surface area contributed by atoms with Crippen molar-refractivity contribution in [1.29, 1.82) is 0 Å². The minimum atomic E-state index is -2.84. The first-order chi connectivity index (χ1) is 31.1. The van der Waals surface area contributed by atoms with Gasteiger partial charge in [-0.3, -0.25) is 0 Å². The van der Waals surface area contributed by atoms with Crippen molar-refractivity contribution in [1.82, 2.24) is 0 Å². The van der Waals surface area contributed by atoms with Crippen molar-refractivity contribution in [2.75, 3.05) is 0 Å². The minimum absolute atomic E-state index is 0.664. The van der Waals surface area contributed by atoms with Gasteiger partial charge >= 0.3 is 0 Å². The van der Waals surface area contributed by atoms with Gasteiger partial charge in [0.15, 0.2) is 8.07 Å². The van der Waals surface area contributed by atoms with E-state index in [-0.39, 0.29) is 0 Å². The summed E-state index contributed by atoms with van der Waals surface area (Å²) in [6.45, 7) is 0. The van der Waals surface area contributed by atoms with Gasteiger partial charge in [0.1, 0.15) is 0 Å². The molecule has 3 heteroatoms. The van der Waals surface area contributed by atoms with E-state index in [2.05, 4.69) is 212 Å². The Labute approximate surface area is 376 Å². The normalized spacial score (nSPS) is 15.5. The number of rotatable bonds is 6. The summed E-state index contributed by atoms with van der Waals surface area (Å²) < 4.78 is 10.3. The van der Waals surface area contributed by atoms with Gasteiger partial charge in [-0.1, -0.05) is 224 Å². The Hall–Kier alpha value is -6.10. The molecule has 2 heterocycles. The van der Waals surface area contributed by atoms with Crippen LogP contribution in [0.15, 0.2) is 232 Å². The van der Waals surface area contributed by atoms with Crippen LogP contribution in [0.3, 0.4) is 0 Å². The summed E-state index contributed by atoms with van der Waals surface area (Å²) >= 11 is 3.86. The van der Waals surface area contributed by atoms with Gasteiger partial charge in [-0.2, -0.15) is 0 Å². The summed E-state index contributed by atoms with van der Waals surface area (Å²) in [7, 11) is -2.84. The van der Waals surface area contributed by atoms with Gasteiger partial charge in [0, 0.05) is 21.0 Å². The molecule has 1 spiro atoms. The molecular formula is C59H44S2Si. The van der Waals surface area contributed by atoms with Gasteiger partial charge in [0.05, 0.1) is 0 Å². The van der Waals surface area contributed by atoms with Crippen molar-refractivity contribution in [3.8, 4) is 55.6 Å². The van der Waals surface area contributed by atoms with Gasteiger partial charge in [-0.25, -0.2) is 0 Å². The van der Waals surface area contributed by atoms with E-state index in [4.69, 9.17) is 0 Å². The highest BCUT2D eigenvalue weighted by Crippen LogP contribution is 2.50. The average Bonchev–Trinajstić information content (AvgIpc) is 3.81. The molecule has 296 valence electrons. The molecule has 0 atom stereocenters. The van der Waals surface area contributed by atoms with Crippen LogP contribution in [-0.2, 0) is 0 Å². The van der Waals surface area contributed by atoms with Crippen LogP contribution in [0.4, 0.5) is 0 Å². The molecular weight excluding hydrogens is 801 g/mol. The van der Waals surface area contributed by atoms with Crippen molar-refractivity contribution in [3.63, 3.8) is 0 Å². The Bertz CT molecular complexity index is 3130. The van der Waals surface area contributed by atoms with Crippen LogP contribution in [0.2, 0.25) is 0 Å². The second-order valence-electron chi connectivity index (χ2n) is 16.7. The zero-order valence-electron chi connectivity index (χ0n) is 35.4. The highest BCUT2D eigenvalue weighted by atomic mass is 32.2. The highest BCUT2D eigenvalue weighted by molar-refractivity contribution is 8.01. The molecule has 2 aliphatic heterocycles.